The van der Waals surface area contributed by atoms with Crippen LogP contribution in [0.3, 0.4) is 0 Å². The minimum atomic E-state index is 0.399. The molecule has 0 aliphatic carbocycles. The molecule has 0 amide bonds. The number of hydrogen-bond donors (Lipinski definition) is 1. The van der Waals surface area contributed by atoms with E-state index in [1.165, 1.54) is 28.4 Å². The maximum Gasteiger partial charge on any atom is 0.0900 e. The average molecular weight is 267 g/mol. The van der Waals surface area contributed by atoms with Crippen molar-refractivity contribution < 1.29 is 0 Å². The van der Waals surface area contributed by atoms with Crippen LogP contribution in [0.15, 0.2) is 0 Å². The molecule has 0 bridgehead atoms. The quantitative estimate of drug-likeness (QED) is 0.915. The zero-order chi connectivity index (χ0) is 13.3. The monoisotopic (exact) mass is 267 g/mol. The molecule has 3 atom stereocenters. The SMILES string of the molecule is Cc1nc(C(C)N2CCC(C)CC2CN)c(C)s1. The standard InChI is InChI=1S/C14H25N3S/c1-9-5-6-17(13(7-9)8-15)10(2)14-11(3)18-12(4)16-14/h9-10,13H,5-8,15H2,1-4H3. The minimum Gasteiger partial charge on any atom is -0.329 e. The number of aryl methyl sites for hydroxylation is 2. The van der Waals surface area contributed by atoms with Gasteiger partial charge >= 0.3 is 0 Å². The summed E-state index contributed by atoms with van der Waals surface area (Å²) in [5.74, 6) is 0.806. The predicted molar refractivity (Wildman–Crippen MR) is 77.9 cm³/mol. The Balaban J connectivity index is 2.17. The summed E-state index contributed by atoms with van der Waals surface area (Å²) < 4.78 is 0. The van der Waals surface area contributed by atoms with E-state index in [1.807, 2.05) is 0 Å². The van der Waals surface area contributed by atoms with Crippen molar-refractivity contribution >= 4 is 11.3 Å². The van der Waals surface area contributed by atoms with Gasteiger partial charge in [-0.2, -0.15) is 0 Å². The highest BCUT2D eigenvalue weighted by Crippen LogP contribution is 2.32. The van der Waals surface area contributed by atoms with Gasteiger partial charge in [-0.05, 0) is 46.1 Å². The highest BCUT2D eigenvalue weighted by Gasteiger charge is 2.30. The van der Waals surface area contributed by atoms with Crippen molar-refractivity contribution in [3.63, 3.8) is 0 Å². The number of hydrogen-bond acceptors (Lipinski definition) is 4. The summed E-state index contributed by atoms with van der Waals surface area (Å²) in [7, 11) is 0. The molecule has 3 unspecified atom stereocenters. The Kier molecular flexibility index (Phi) is 4.41. The highest BCUT2D eigenvalue weighted by molar-refractivity contribution is 7.11. The summed E-state index contributed by atoms with van der Waals surface area (Å²) in [5.41, 5.74) is 7.21. The fourth-order valence-corrected chi connectivity index (χ4v) is 4.01. The molecular formula is C14H25N3S. The summed E-state index contributed by atoms with van der Waals surface area (Å²) in [6.45, 7) is 10.8. The molecule has 1 saturated heterocycles. The lowest BCUT2D eigenvalue weighted by Gasteiger charge is -2.41. The third-order valence-corrected chi connectivity index (χ3v) is 5.03. The fraction of sp³-hybridized carbons (Fsp3) is 0.786. The summed E-state index contributed by atoms with van der Waals surface area (Å²) in [6, 6.07) is 0.918. The van der Waals surface area contributed by atoms with E-state index in [9.17, 15) is 0 Å². The summed E-state index contributed by atoms with van der Waals surface area (Å²) in [6.07, 6.45) is 2.51. The van der Waals surface area contributed by atoms with Gasteiger partial charge in [0.25, 0.3) is 0 Å². The van der Waals surface area contributed by atoms with Crippen LogP contribution in [0.2, 0.25) is 0 Å². The van der Waals surface area contributed by atoms with Gasteiger partial charge in [0.2, 0.25) is 0 Å². The van der Waals surface area contributed by atoms with Crippen molar-refractivity contribution in [1.29, 1.82) is 0 Å². The molecule has 102 valence electrons. The Morgan fingerprint density at radius 1 is 1.50 bits per heavy atom. The molecule has 3 nitrogen and oxygen atoms in total. The summed E-state index contributed by atoms with van der Waals surface area (Å²) in [5, 5.41) is 1.17. The summed E-state index contributed by atoms with van der Waals surface area (Å²) >= 11 is 1.80. The Morgan fingerprint density at radius 3 is 2.78 bits per heavy atom. The molecule has 2 N–H and O–H groups in total. The van der Waals surface area contributed by atoms with Crippen molar-refractivity contribution in [2.75, 3.05) is 13.1 Å². The topological polar surface area (TPSA) is 42.2 Å². The van der Waals surface area contributed by atoms with E-state index in [2.05, 4.69) is 32.6 Å². The van der Waals surface area contributed by atoms with Gasteiger partial charge in [0, 0.05) is 17.5 Å². The maximum atomic E-state index is 5.96. The zero-order valence-corrected chi connectivity index (χ0v) is 12.8. The van der Waals surface area contributed by atoms with Crippen LogP contribution in [0, 0.1) is 19.8 Å². The van der Waals surface area contributed by atoms with Gasteiger partial charge in [-0.1, -0.05) is 6.92 Å². The van der Waals surface area contributed by atoms with Crippen molar-refractivity contribution in [3.8, 4) is 0 Å². The van der Waals surface area contributed by atoms with Crippen molar-refractivity contribution in [2.24, 2.45) is 11.7 Å². The first kappa shape index (κ1) is 14.0. The smallest absolute Gasteiger partial charge is 0.0900 e. The van der Waals surface area contributed by atoms with Crippen LogP contribution in [0.25, 0.3) is 0 Å². The van der Waals surface area contributed by atoms with E-state index in [1.54, 1.807) is 11.3 Å². The largest absolute Gasteiger partial charge is 0.329 e. The van der Waals surface area contributed by atoms with Crippen molar-refractivity contribution in [2.45, 2.75) is 52.6 Å². The average Bonchev–Trinajstić information content (AvgIpc) is 2.67. The molecule has 1 aliphatic rings. The molecular weight excluding hydrogens is 242 g/mol. The van der Waals surface area contributed by atoms with Gasteiger partial charge in [0.15, 0.2) is 0 Å². The molecule has 2 heterocycles. The van der Waals surface area contributed by atoms with Gasteiger partial charge in [0.05, 0.1) is 16.7 Å². The van der Waals surface area contributed by atoms with Gasteiger partial charge in [-0.3, -0.25) is 4.90 Å². The van der Waals surface area contributed by atoms with Crippen LogP contribution in [-0.4, -0.2) is 29.0 Å². The second-order valence-electron chi connectivity index (χ2n) is 5.61. The van der Waals surface area contributed by atoms with Crippen LogP contribution >= 0.6 is 11.3 Å². The number of aromatic nitrogens is 1. The van der Waals surface area contributed by atoms with E-state index in [-0.39, 0.29) is 0 Å². The number of nitrogens with two attached hydrogens (primary N) is 1. The van der Waals surface area contributed by atoms with E-state index in [0.29, 0.717) is 12.1 Å². The molecule has 0 radical (unpaired) electrons. The molecule has 1 aromatic rings. The number of nitrogens with zero attached hydrogens (tertiary/aromatic N) is 2. The van der Waals surface area contributed by atoms with Crippen LogP contribution in [0.1, 0.15) is 48.3 Å². The Bertz CT molecular complexity index is 402. The lowest BCUT2D eigenvalue weighted by Crippen LogP contribution is -2.47. The van der Waals surface area contributed by atoms with Crippen molar-refractivity contribution in [1.82, 2.24) is 9.88 Å². The number of rotatable bonds is 3. The maximum absolute atomic E-state index is 5.96. The van der Waals surface area contributed by atoms with E-state index >= 15 is 0 Å². The van der Waals surface area contributed by atoms with Gasteiger partial charge < -0.3 is 5.73 Å². The molecule has 0 spiro atoms. The molecule has 2 rings (SSSR count). The van der Waals surface area contributed by atoms with Gasteiger partial charge in [0.1, 0.15) is 0 Å². The number of likely N-dealkylation sites (tertiary alicyclic amines) is 1. The Labute approximate surface area is 114 Å². The van der Waals surface area contributed by atoms with E-state index < -0.39 is 0 Å². The number of thiazole rings is 1. The molecule has 0 saturated carbocycles. The first-order valence-corrected chi connectivity index (χ1v) is 7.74. The third-order valence-electron chi connectivity index (χ3n) is 4.13. The van der Waals surface area contributed by atoms with Gasteiger partial charge in [-0.25, -0.2) is 4.98 Å². The third kappa shape index (κ3) is 2.76. The second-order valence-corrected chi connectivity index (χ2v) is 7.01. The zero-order valence-electron chi connectivity index (χ0n) is 11.9. The van der Waals surface area contributed by atoms with Crippen LogP contribution in [0.4, 0.5) is 0 Å². The molecule has 18 heavy (non-hydrogen) atoms. The lowest BCUT2D eigenvalue weighted by molar-refractivity contribution is 0.0816. The Morgan fingerprint density at radius 2 is 2.22 bits per heavy atom. The van der Waals surface area contributed by atoms with Crippen molar-refractivity contribution in [3.05, 3.63) is 15.6 Å². The molecule has 0 aromatic carbocycles. The highest BCUT2D eigenvalue weighted by atomic mass is 32.1. The Hall–Kier alpha value is -0.450. The second kappa shape index (κ2) is 5.68. The van der Waals surface area contributed by atoms with Crippen LogP contribution in [0.5, 0.6) is 0 Å². The first-order valence-electron chi connectivity index (χ1n) is 6.92. The number of piperidine rings is 1. The predicted octanol–water partition coefficient (Wildman–Crippen LogP) is 2.88. The molecule has 1 fully saturated rings. The van der Waals surface area contributed by atoms with Crippen LogP contribution < -0.4 is 5.73 Å². The van der Waals surface area contributed by atoms with E-state index in [0.717, 1.165) is 19.0 Å². The summed E-state index contributed by atoms with van der Waals surface area (Å²) in [4.78, 5) is 8.62. The lowest BCUT2D eigenvalue weighted by atomic mass is 9.91. The van der Waals surface area contributed by atoms with Gasteiger partial charge in [-0.15, -0.1) is 11.3 Å². The van der Waals surface area contributed by atoms with Crippen LogP contribution in [-0.2, 0) is 0 Å². The normalized spacial score (nSPS) is 27.4. The van der Waals surface area contributed by atoms with E-state index in [4.69, 9.17) is 10.7 Å². The fourth-order valence-electron chi connectivity index (χ4n) is 3.10. The molecule has 4 heteroatoms. The molecule has 1 aliphatic heterocycles. The first-order chi connectivity index (χ1) is 8.52. The molecule has 1 aromatic heterocycles. The minimum absolute atomic E-state index is 0.399.